The highest BCUT2D eigenvalue weighted by Gasteiger charge is 2.22. The minimum atomic E-state index is -0.175. The number of hydrogen-bond donors (Lipinski definition) is 3. The lowest BCUT2D eigenvalue weighted by Crippen LogP contribution is -2.44. The molecule has 3 N–H and O–H groups in total. The number of nitrogens with one attached hydrogen (secondary N) is 3. The van der Waals surface area contributed by atoms with Crippen molar-refractivity contribution in [3.8, 4) is 0 Å². The summed E-state index contributed by atoms with van der Waals surface area (Å²) in [4.78, 5) is 26.9. The number of halogens is 2. The molecule has 1 aromatic rings. The Morgan fingerprint density at radius 3 is 2.64 bits per heavy atom. The lowest BCUT2D eigenvalue weighted by Gasteiger charge is -2.24. The summed E-state index contributed by atoms with van der Waals surface area (Å²) in [5.41, 5.74) is 1.97. The number of amides is 2. The van der Waals surface area contributed by atoms with Crippen molar-refractivity contribution in [2.24, 2.45) is 5.92 Å². The molecule has 0 bridgehead atoms. The molecule has 1 aromatic carbocycles. The molecule has 0 saturated carbocycles. The normalized spacial score (nSPS) is 19.8. The number of anilines is 2. The Kier molecular flexibility index (Phi) is 10.6. The fourth-order valence-electron chi connectivity index (χ4n) is 3.73. The predicted molar refractivity (Wildman–Crippen MR) is 119 cm³/mol. The first-order valence-electron chi connectivity index (χ1n) is 9.78. The largest absolute Gasteiger partial charge is 0.371 e. The zero-order valence-corrected chi connectivity index (χ0v) is 18.0. The van der Waals surface area contributed by atoms with Crippen LogP contribution in [0.3, 0.4) is 0 Å². The molecule has 158 valence electrons. The maximum absolute atomic E-state index is 12.3. The van der Waals surface area contributed by atoms with Crippen LogP contribution in [0.4, 0.5) is 11.4 Å². The highest BCUT2D eigenvalue weighted by molar-refractivity contribution is 5.92. The Hall–Kier alpha value is -1.50. The van der Waals surface area contributed by atoms with Crippen molar-refractivity contribution in [3.63, 3.8) is 0 Å². The summed E-state index contributed by atoms with van der Waals surface area (Å²) in [5, 5.41) is 9.18. The van der Waals surface area contributed by atoms with E-state index in [4.69, 9.17) is 0 Å². The van der Waals surface area contributed by atoms with Gasteiger partial charge in [0.1, 0.15) is 0 Å². The van der Waals surface area contributed by atoms with Gasteiger partial charge in [-0.05, 0) is 57.4 Å². The third-order valence-corrected chi connectivity index (χ3v) is 5.15. The Bertz CT molecular complexity index is 632. The van der Waals surface area contributed by atoms with E-state index >= 15 is 0 Å². The molecule has 0 aliphatic carbocycles. The van der Waals surface area contributed by atoms with Gasteiger partial charge in [-0.2, -0.15) is 0 Å². The van der Waals surface area contributed by atoms with E-state index in [1.165, 1.54) is 12.8 Å². The molecule has 28 heavy (non-hydrogen) atoms. The number of carbonyl (C=O) groups is 2. The summed E-state index contributed by atoms with van der Waals surface area (Å²) in [7, 11) is 0. The first kappa shape index (κ1) is 24.5. The van der Waals surface area contributed by atoms with E-state index in [0.717, 1.165) is 50.4 Å². The monoisotopic (exact) mass is 430 g/mol. The molecule has 2 aliphatic heterocycles. The van der Waals surface area contributed by atoms with E-state index in [-0.39, 0.29) is 55.0 Å². The standard InChI is InChI=1S/C20H30N4O2.2ClH/c1-15(22-20(26)16-6-5-9-21-14-16)12-19(25)23-17-7-4-8-18(13-17)24-10-2-3-11-24;;/h4,7-8,13,15-16,21H,2-3,5-6,9-12,14H2,1H3,(H,22,26)(H,23,25);2*1H. The van der Waals surface area contributed by atoms with Crippen LogP contribution >= 0.6 is 24.8 Å². The molecule has 2 fully saturated rings. The minimum absolute atomic E-state index is 0. The van der Waals surface area contributed by atoms with Gasteiger partial charge in [-0.3, -0.25) is 9.59 Å². The van der Waals surface area contributed by atoms with Gasteiger partial charge < -0.3 is 20.9 Å². The molecular weight excluding hydrogens is 399 g/mol. The average molecular weight is 431 g/mol. The van der Waals surface area contributed by atoms with E-state index in [1.807, 2.05) is 25.1 Å². The summed E-state index contributed by atoms with van der Waals surface area (Å²) in [6.45, 7) is 5.76. The first-order valence-corrected chi connectivity index (χ1v) is 9.78. The van der Waals surface area contributed by atoms with Crippen LogP contribution in [-0.2, 0) is 9.59 Å². The van der Waals surface area contributed by atoms with Crippen LogP contribution in [0.15, 0.2) is 24.3 Å². The van der Waals surface area contributed by atoms with Gasteiger partial charge in [-0.1, -0.05) is 6.07 Å². The fraction of sp³-hybridized carbons (Fsp3) is 0.600. The first-order chi connectivity index (χ1) is 12.6. The lowest BCUT2D eigenvalue weighted by atomic mass is 9.98. The number of piperidine rings is 1. The van der Waals surface area contributed by atoms with Crippen LogP contribution in [0.2, 0.25) is 0 Å². The molecule has 0 radical (unpaired) electrons. The van der Waals surface area contributed by atoms with Crippen LogP contribution in [0.5, 0.6) is 0 Å². The molecule has 2 amide bonds. The van der Waals surface area contributed by atoms with Crippen LogP contribution < -0.4 is 20.9 Å². The zero-order chi connectivity index (χ0) is 18.4. The van der Waals surface area contributed by atoms with Crippen molar-refractivity contribution >= 4 is 48.0 Å². The van der Waals surface area contributed by atoms with Crippen LogP contribution in [-0.4, -0.2) is 44.0 Å². The van der Waals surface area contributed by atoms with Gasteiger partial charge in [0.05, 0.1) is 5.92 Å². The predicted octanol–water partition coefficient (Wildman–Crippen LogP) is 2.96. The quantitative estimate of drug-likeness (QED) is 0.648. The molecule has 0 aromatic heterocycles. The minimum Gasteiger partial charge on any atom is -0.371 e. The highest BCUT2D eigenvalue weighted by atomic mass is 35.5. The molecule has 2 saturated heterocycles. The second-order valence-electron chi connectivity index (χ2n) is 7.45. The second-order valence-corrected chi connectivity index (χ2v) is 7.45. The number of hydrogen-bond acceptors (Lipinski definition) is 4. The van der Waals surface area contributed by atoms with E-state index < -0.39 is 0 Å². The Morgan fingerprint density at radius 1 is 1.21 bits per heavy atom. The van der Waals surface area contributed by atoms with Gasteiger partial charge in [-0.25, -0.2) is 0 Å². The fourth-order valence-corrected chi connectivity index (χ4v) is 3.73. The Labute approximate surface area is 180 Å². The number of benzene rings is 1. The third kappa shape index (κ3) is 7.15. The van der Waals surface area contributed by atoms with E-state index in [0.29, 0.717) is 0 Å². The van der Waals surface area contributed by atoms with E-state index in [9.17, 15) is 9.59 Å². The molecule has 2 heterocycles. The van der Waals surface area contributed by atoms with Crippen molar-refractivity contribution in [2.75, 3.05) is 36.4 Å². The Balaban J connectivity index is 0.00000196. The van der Waals surface area contributed by atoms with Gasteiger partial charge in [0.15, 0.2) is 0 Å². The van der Waals surface area contributed by atoms with Gasteiger partial charge in [-0.15, -0.1) is 24.8 Å². The summed E-state index contributed by atoms with van der Waals surface area (Å²) in [5.74, 6) is -0.00178. The zero-order valence-electron chi connectivity index (χ0n) is 16.4. The maximum atomic E-state index is 12.3. The number of rotatable bonds is 6. The summed E-state index contributed by atoms with van der Waals surface area (Å²) >= 11 is 0. The van der Waals surface area contributed by atoms with Crippen molar-refractivity contribution in [1.82, 2.24) is 10.6 Å². The molecule has 8 heteroatoms. The van der Waals surface area contributed by atoms with Gasteiger partial charge in [0, 0.05) is 43.5 Å². The van der Waals surface area contributed by atoms with Crippen LogP contribution in [0, 0.1) is 5.92 Å². The second kappa shape index (κ2) is 12.1. The summed E-state index contributed by atoms with van der Waals surface area (Å²) in [6, 6.07) is 7.83. The lowest BCUT2D eigenvalue weighted by molar-refractivity contribution is -0.126. The third-order valence-electron chi connectivity index (χ3n) is 5.15. The number of carbonyl (C=O) groups excluding carboxylic acids is 2. The smallest absolute Gasteiger partial charge is 0.226 e. The average Bonchev–Trinajstić information content (AvgIpc) is 3.17. The molecule has 2 aliphatic rings. The van der Waals surface area contributed by atoms with Crippen molar-refractivity contribution in [3.05, 3.63) is 24.3 Å². The van der Waals surface area contributed by atoms with Crippen LogP contribution in [0.25, 0.3) is 0 Å². The van der Waals surface area contributed by atoms with Gasteiger partial charge >= 0.3 is 0 Å². The van der Waals surface area contributed by atoms with Crippen LogP contribution in [0.1, 0.15) is 39.0 Å². The van der Waals surface area contributed by atoms with Crippen molar-refractivity contribution < 1.29 is 9.59 Å². The van der Waals surface area contributed by atoms with E-state index in [1.54, 1.807) is 0 Å². The molecule has 2 atom stereocenters. The summed E-state index contributed by atoms with van der Waals surface area (Å²) < 4.78 is 0. The topological polar surface area (TPSA) is 73.5 Å². The SMILES string of the molecule is CC(CC(=O)Nc1cccc(N2CCCC2)c1)NC(=O)C1CCCNC1.Cl.Cl. The molecule has 3 rings (SSSR count). The molecule has 0 spiro atoms. The molecular formula is C20H32Cl2N4O2. The molecule has 6 nitrogen and oxygen atoms in total. The van der Waals surface area contributed by atoms with Gasteiger partial charge in [0.25, 0.3) is 0 Å². The van der Waals surface area contributed by atoms with Crippen molar-refractivity contribution in [1.29, 1.82) is 0 Å². The van der Waals surface area contributed by atoms with E-state index in [2.05, 4.69) is 26.9 Å². The Morgan fingerprint density at radius 2 is 1.96 bits per heavy atom. The molecule has 2 unspecified atom stereocenters. The van der Waals surface area contributed by atoms with Crippen molar-refractivity contribution in [2.45, 2.75) is 45.1 Å². The maximum Gasteiger partial charge on any atom is 0.226 e. The number of nitrogens with zero attached hydrogens (tertiary/aromatic N) is 1. The summed E-state index contributed by atoms with van der Waals surface area (Å²) in [6.07, 6.45) is 4.68. The highest BCUT2D eigenvalue weighted by Crippen LogP contribution is 2.23. The van der Waals surface area contributed by atoms with Gasteiger partial charge in [0.2, 0.25) is 11.8 Å².